The van der Waals surface area contributed by atoms with Crippen molar-refractivity contribution in [1.82, 2.24) is 15.0 Å². The van der Waals surface area contributed by atoms with E-state index in [-0.39, 0.29) is 17.5 Å². The van der Waals surface area contributed by atoms with Gasteiger partial charge in [-0.05, 0) is 6.42 Å². The molecule has 0 bridgehead atoms. The zero-order valence-corrected chi connectivity index (χ0v) is 10.3. The monoisotopic (exact) mass is 260 g/mol. The molecule has 1 aliphatic rings. The standard InChI is InChI=1S/C9H16N4O3S/c1-2-6(10)7-3-13(12-11-7)8-4-17(15,16)5-9(8)14/h3,6,8-9,14H,2,4-5,10H2,1H3. The summed E-state index contributed by atoms with van der Waals surface area (Å²) in [6, 6.07) is -0.760. The lowest BCUT2D eigenvalue weighted by atomic mass is 10.2. The molecule has 0 aliphatic carbocycles. The predicted molar refractivity (Wildman–Crippen MR) is 60.9 cm³/mol. The largest absolute Gasteiger partial charge is 0.390 e. The van der Waals surface area contributed by atoms with Gasteiger partial charge in [-0.2, -0.15) is 0 Å². The van der Waals surface area contributed by atoms with E-state index in [0.717, 1.165) is 6.42 Å². The summed E-state index contributed by atoms with van der Waals surface area (Å²) < 4.78 is 24.2. The van der Waals surface area contributed by atoms with Crippen molar-refractivity contribution in [2.45, 2.75) is 31.5 Å². The number of aliphatic hydroxyl groups is 1. The molecule has 3 unspecified atom stereocenters. The van der Waals surface area contributed by atoms with E-state index < -0.39 is 22.0 Å². The second kappa shape index (κ2) is 4.35. The Morgan fingerprint density at radius 2 is 2.35 bits per heavy atom. The average molecular weight is 260 g/mol. The normalized spacial score (nSPS) is 29.4. The molecule has 3 atom stereocenters. The van der Waals surface area contributed by atoms with Gasteiger partial charge in [0.2, 0.25) is 0 Å². The van der Waals surface area contributed by atoms with Crippen LogP contribution in [-0.2, 0) is 9.84 Å². The van der Waals surface area contributed by atoms with Crippen molar-refractivity contribution in [1.29, 1.82) is 0 Å². The molecule has 0 radical (unpaired) electrons. The highest BCUT2D eigenvalue weighted by molar-refractivity contribution is 7.91. The van der Waals surface area contributed by atoms with Gasteiger partial charge in [0, 0.05) is 0 Å². The molecule has 1 fully saturated rings. The fraction of sp³-hybridized carbons (Fsp3) is 0.778. The molecule has 8 heteroatoms. The van der Waals surface area contributed by atoms with Gasteiger partial charge in [0.1, 0.15) is 0 Å². The van der Waals surface area contributed by atoms with Crippen LogP contribution in [0.4, 0.5) is 0 Å². The van der Waals surface area contributed by atoms with Crippen molar-refractivity contribution in [3.8, 4) is 0 Å². The minimum absolute atomic E-state index is 0.0989. The van der Waals surface area contributed by atoms with Gasteiger partial charge < -0.3 is 10.8 Å². The first kappa shape index (κ1) is 12.5. The Kier molecular flexibility index (Phi) is 3.19. The van der Waals surface area contributed by atoms with Crippen LogP contribution in [0.3, 0.4) is 0 Å². The van der Waals surface area contributed by atoms with E-state index in [1.54, 1.807) is 6.20 Å². The minimum Gasteiger partial charge on any atom is -0.390 e. The maximum absolute atomic E-state index is 11.4. The summed E-state index contributed by atoms with van der Waals surface area (Å²) >= 11 is 0. The van der Waals surface area contributed by atoms with E-state index in [0.29, 0.717) is 5.69 Å². The van der Waals surface area contributed by atoms with Gasteiger partial charge in [-0.3, -0.25) is 0 Å². The third-order valence-corrected chi connectivity index (χ3v) is 4.68. The van der Waals surface area contributed by atoms with Gasteiger partial charge in [-0.25, -0.2) is 13.1 Å². The zero-order valence-electron chi connectivity index (χ0n) is 9.52. The van der Waals surface area contributed by atoms with Gasteiger partial charge in [0.15, 0.2) is 9.84 Å². The van der Waals surface area contributed by atoms with Crippen molar-refractivity contribution in [3.63, 3.8) is 0 Å². The number of rotatable bonds is 3. The van der Waals surface area contributed by atoms with Crippen LogP contribution in [0.5, 0.6) is 0 Å². The molecule has 7 nitrogen and oxygen atoms in total. The van der Waals surface area contributed by atoms with Gasteiger partial charge in [-0.15, -0.1) is 5.10 Å². The van der Waals surface area contributed by atoms with E-state index in [1.165, 1.54) is 4.68 Å². The van der Waals surface area contributed by atoms with Crippen LogP contribution in [0.2, 0.25) is 0 Å². The van der Waals surface area contributed by atoms with Crippen LogP contribution < -0.4 is 5.73 Å². The summed E-state index contributed by atoms with van der Waals surface area (Å²) in [6.45, 7) is 1.93. The zero-order chi connectivity index (χ0) is 12.6. The number of aromatic nitrogens is 3. The Hall–Kier alpha value is -0.990. The molecule has 2 rings (SSSR count). The fourth-order valence-corrected chi connectivity index (χ4v) is 3.67. The van der Waals surface area contributed by atoms with E-state index in [1.807, 2.05) is 6.92 Å². The molecule has 96 valence electrons. The molecule has 0 saturated carbocycles. The van der Waals surface area contributed by atoms with Crippen LogP contribution in [0, 0.1) is 0 Å². The SMILES string of the molecule is CCC(N)c1cn(C2CS(=O)(=O)CC2O)nn1. The topological polar surface area (TPSA) is 111 Å². The predicted octanol–water partition coefficient (Wildman–Crippen LogP) is -0.982. The van der Waals surface area contributed by atoms with Crippen molar-refractivity contribution in [3.05, 3.63) is 11.9 Å². The molecular formula is C9H16N4O3S. The lowest BCUT2D eigenvalue weighted by Gasteiger charge is -2.11. The van der Waals surface area contributed by atoms with Crippen molar-refractivity contribution < 1.29 is 13.5 Å². The molecule has 1 saturated heterocycles. The smallest absolute Gasteiger partial charge is 0.155 e. The fourth-order valence-electron chi connectivity index (χ4n) is 1.89. The Bertz CT molecular complexity index is 498. The van der Waals surface area contributed by atoms with Gasteiger partial charge in [-0.1, -0.05) is 12.1 Å². The summed E-state index contributed by atoms with van der Waals surface area (Å²) in [5.74, 6) is -0.314. The lowest BCUT2D eigenvalue weighted by molar-refractivity contribution is 0.145. The first-order valence-electron chi connectivity index (χ1n) is 5.48. The van der Waals surface area contributed by atoms with Crippen LogP contribution in [0.25, 0.3) is 0 Å². The molecular weight excluding hydrogens is 244 g/mol. The Balaban J connectivity index is 2.21. The quantitative estimate of drug-likeness (QED) is 0.722. The molecule has 1 aromatic rings. The molecule has 0 spiro atoms. The van der Waals surface area contributed by atoms with Gasteiger partial charge in [0.05, 0.1) is 41.6 Å². The van der Waals surface area contributed by atoms with Crippen molar-refractivity contribution >= 4 is 9.84 Å². The van der Waals surface area contributed by atoms with Gasteiger partial charge >= 0.3 is 0 Å². The van der Waals surface area contributed by atoms with Crippen LogP contribution in [0.1, 0.15) is 31.1 Å². The second-order valence-corrected chi connectivity index (χ2v) is 6.50. The Labute approximate surface area is 99.5 Å². The van der Waals surface area contributed by atoms with E-state index in [9.17, 15) is 13.5 Å². The van der Waals surface area contributed by atoms with E-state index >= 15 is 0 Å². The number of sulfone groups is 1. The summed E-state index contributed by atoms with van der Waals surface area (Å²) in [5.41, 5.74) is 6.41. The first-order chi connectivity index (χ1) is 7.93. The summed E-state index contributed by atoms with van der Waals surface area (Å²) in [7, 11) is -3.18. The van der Waals surface area contributed by atoms with Crippen molar-refractivity contribution in [2.75, 3.05) is 11.5 Å². The van der Waals surface area contributed by atoms with Crippen LogP contribution in [0.15, 0.2) is 6.20 Å². The van der Waals surface area contributed by atoms with Crippen molar-refractivity contribution in [2.24, 2.45) is 5.73 Å². The van der Waals surface area contributed by atoms with E-state index in [4.69, 9.17) is 5.73 Å². The lowest BCUT2D eigenvalue weighted by Crippen LogP contribution is -2.22. The van der Waals surface area contributed by atoms with E-state index in [2.05, 4.69) is 10.3 Å². The first-order valence-corrected chi connectivity index (χ1v) is 7.31. The summed E-state index contributed by atoms with van der Waals surface area (Å²) in [5, 5.41) is 17.4. The maximum atomic E-state index is 11.4. The third kappa shape index (κ3) is 2.48. The highest BCUT2D eigenvalue weighted by atomic mass is 32.2. The molecule has 1 aromatic heterocycles. The average Bonchev–Trinajstić information content (AvgIpc) is 2.81. The molecule has 17 heavy (non-hydrogen) atoms. The molecule has 0 amide bonds. The maximum Gasteiger partial charge on any atom is 0.155 e. The molecule has 1 aliphatic heterocycles. The van der Waals surface area contributed by atoms with Crippen LogP contribution >= 0.6 is 0 Å². The number of hydrogen-bond acceptors (Lipinski definition) is 6. The highest BCUT2D eigenvalue weighted by Crippen LogP contribution is 2.24. The second-order valence-electron chi connectivity index (χ2n) is 4.35. The molecule has 3 N–H and O–H groups in total. The summed E-state index contributed by atoms with van der Waals surface area (Å²) in [6.07, 6.45) is 1.42. The minimum atomic E-state index is -3.18. The third-order valence-electron chi connectivity index (χ3n) is 2.98. The number of hydrogen-bond donors (Lipinski definition) is 2. The van der Waals surface area contributed by atoms with Gasteiger partial charge in [0.25, 0.3) is 0 Å². The summed E-state index contributed by atoms with van der Waals surface area (Å²) in [4.78, 5) is 0. The Morgan fingerprint density at radius 1 is 1.65 bits per heavy atom. The number of aliphatic hydroxyl groups excluding tert-OH is 1. The number of nitrogens with two attached hydrogens (primary N) is 1. The van der Waals surface area contributed by atoms with Crippen LogP contribution in [-0.4, -0.2) is 46.1 Å². The molecule has 0 aromatic carbocycles. The number of nitrogens with zero attached hydrogens (tertiary/aromatic N) is 3. The molecule has 2 heterocycles. The Morgan fingerprint density at radius 3 is 2.88 bits per heavy atom. The highest BCUT2D eigenvalue weighted by Gasteiger charge is 2.38.